The van der Waals surface area contributed by atoms with Gasteiger partial charge in [-0.25, -0.2) is 4.98 Å². The molecule has 2 N–H and O–H groups in total. The fraction of sp³-hybridized carbons (Fsp3) is 0.105. The minimum absolute atomic E-state index is 0.0993. The molecule has 0 unspecified atom stereocenters. The second-order valence-corrected chi connectivity index (χ2v) is 6.69. The molecular formula is C19H17N3O2S. The van der Waals surface area contributed by atoms with Crippen molar-refractivity contribution in [3.05, 3.63) is 71.2 Å². The summed E-state index contributed by atoms with van der Waals surface area (Å²) in [5.41, 5.74) is 2.64. The van der Waals surface area contributed by atoms with Crippen molar-refractivity contribution in [1.29, 1.82) is 0 Å². The number of aryl methyl sites for hydroxylation is 1. The molecule has 0 aliphatic rings. The third-order valence-electron chi connectivity index (χ3n) is 3.53. The maximum absolute atomic E-state index is 12.1. The van der Waals surface area contributed by atoms with Crippen molar-refractivity contribution in [2.45, 2.75) is 6.92 Å². The van der Waals surface area contributed by atoms with Crippen LogP contribution in [0.5, 0.6) is 0 Å². The highest BCUT2D eigenvalue weighted by molar-refractivity contribution is 7.15. The molecule has 0 atom stereocenters. The Hall–Kier alpha value is -2.99. The van der Waals surface area contributed by atoms with Crippen molar-refractivity contribution < 1.29 is 9.59 Å². The number of hydrogen-bond donors (Lipinski definition) is 2. The van der Waals surface area contributed by atoms with Crippen LogP contribution in [-0.4, -0.2) is 23.3 Å². The van der Waals surface area contributed by atoms with Gasteiger partial charge < -0.3 is 10.6 Å². The Labute approximate surface area is 149 Å². The monoisotopic (exact) mass is 351 g/mol. The van der Waals surface area contributed by atoms with Crippen LogP contribution < -0.4 is 10.6 Å². The summed E-state index contributed by atoms with van der Waals surface area (Å²) in [6.07, 6.45) is 1.69. The van der Waals surface area contributed by atoms with Crippen molar-refractivity contribution in [2.24, 2.45) is 0 Å². The van der Waals surface area contributed by atoms with E-state index in [0.29, 0.717) is 10.7 Å². The fourth-order valence-electron chi connectivity index (χ4n) is 2.28. The fourth-order valence-corrected chi connectivity index (χ4v) is 2.96. The molecule has 0 bridgehead atoms. The number of nitrogens with one attached hydrogen (secondary N) is 2. The Morgan fingerprint density at radius 2 is 1.68 bits per heavy atom. The molecule has 5 nitrogen and oxygen atoms in total. The van der Waals surface area contributed by atoms with E-state index in [4.69, 9.17) is 0 Å². The smallest absolute Gasteiger partial charge is 0.251 e. The lowest BCUT2D eigenvalue weighted by molar-refractivity contribution is -0.115. The minimum Gasteiger partial charge on any atom is -0.343 e. The number of carbonyl (C=O) groups excluding carboxylic acids is 2. The lowest BCUT2D eigenvalue weighted by Gasteiger charge is -2.06. The number of benzene rings is 2. The van der Waals surface area contributed by atoms with Crippen molar-refractivity contribution in [1.82, 2.24) is 10.3 Å². The van der Waals surface area contributed by atoms with E-state index < -0.39 is 0 Å². The minimum atomic E-state index is -0.302. The summed E-state index contributed by atoms with van der Waals surface area (Å²) in [5, 5.41) is 5.80. The van der Waals surface area contributed by atoms with Gasteiger partial charge in [0.25, 0.3) is 5.91 Å². The van der Waals surface area contributed by atoms with Crippen LogP contribution in [0.15, 0.2) is 60.8 Å². The van der Waals surface area contributed by atoms with Crippen LogP contribution in [0.25, 0.3) is 11.1 Å². The average molecular weight is 351 g/mol. The highest BCUT2D eigenvalue weighted by Gasteiger charge is 2.10. The summed E-state index contributed by atoms with van der Waals surface area (Å²) >= 11 is 1.39. The average Bonchev–Trinajstić information content (AvgIpc) is 3.05. The van der Waals surface area contributed by atoms with E-state index in [1.54, 1.807) is 18.3 Å². The van der Waals surface area contributed by atoms with Crippen LogP contribution in [0.4, 0.5) is 5.13 Å². The van der Waals surface area contributed by atoms with Gasteiger partial charge >= 0.3 is 0 Å². The highest BCUT2D eigenvalue weighted by Crippen LogP contribution is 2.19. The van der Waals surface area contributed by atoms with Gasteiger partial charge in [-0.3, -0.25) is 9.59 Å². The predicted molar refractivity (Wildman–Crippen MR) is 99.7 cm³/mol. The Morgan fingerprint density at radius 3 is 2.32 bits per heavy atom. The van der Waals surface area contributed by atoms with Crippen molar-refractivity contribution >= 4 is 28.3 Å². The summed E-state index contributed by atoms with van der Waals surface area (Å²) in [5.74, 6) is -0.589. The van der Waals surface area contributed by atoms with Crippen LogP contribution in [0, 0.1) is 6.92 Å². The quantitative estimate of drug-likeness (QED) is 0.739. The largest absolute Gasteiger partial charge is 0.343 e. The maximum atomic E-state index is 12.1. The van der Waals surface area contributed by atoms with Gasteiger partial charge in [0.15, 0.2) is 5.13 Å². The molecular weight excluding hydrogens is 334 g/mol. The second kappa shape index (κ2) is 7.72. The molecule has 0 aliphatic heterocycles. The van der Waals surface area contributed by atoms with E-state index in [2.05, 4.69) is 15.6 Å². The first kappa shape index (κ1) is 16.9. The molecule has 25 heavy (non-hydrogen) atoms. The Morgan fingerprint density at radius 1 is 1.00 bits per heavy atom. The lowest BCUT2D eigenvalue weighted by atomic mass is 10.0. The maximum Gasteiger partial charge on any atom is 0.251 e. The second-order valence-electron chi connectivity index (χ2n) is 5.45. The first-order valence-corrected chi connectivity index (χ1v) is 8.59. The van der Waals surface area contributed by atoms with E-state index in [-0.39, 0.29) is 18.4 Å². The number of carbonyl (C=O) groups is 2. The van der Waals surface area contributed by atoms with Crippen LogP contribution in [0.3, 0.4) is 0 Å². The molecule has 2 aromatic carbocycles. The highest BCUT2D eigenvalue weighted by atomic mass is 32.1. The SMILES string of the molecule is Cc1cnc(NC(=O)CNC(=O)c2ccc(-c3ccccc3)cc2)s1. The Kier molecular flexibility index (Phi) is 5.20. The Bertz CT molecular complexity index is 873. The van der Waals surface area contributed by atoms with E-state index in [1.807, 2.05) is 49.4 Å². The topological polar surface area (TPSA) is 71.1 Å². The standard InChI is InChI=1S/C19H17N3O2S/c1-13-11-21-19(25-13)22-17(23)12-20-18(24)16-9-7-15(8-10-16)14-5-3-2-4-6-14/h2-11H,12H2,1H3,(H,20,24)(H,21,22,23). The summed E-state index contributed by atoms with van der Waals surface area (Å²) in [6.45, 7) is 1.81. The van der Waals surface area contributed by atoms with Crippen LogP contribution in [0.1, 0.15) is 15.2 Å². The van der Waals surface area contributed by atoms with Gasteiger partial charge in [0.05, 0.1) is 6.54 Å². The van der Waals surface area contributed by atoms with Gasteiger partial charge in [-0.15, -0.1) is 11.3 Å². The molecule has 3 aromatic rings. The normalized spacial score (nSPS) is 10.3. The number of hydrogen-bond acceptors (Lipinski definition) is 4. The molecule has 0 saturated heterocycles. The third kappa shape index (κ3) is 4.51. The summed E-state index contributed by atoms with van der Waals surface area (Å²) in [7, 11) is 0. The van der Waals surface area contributed by atoms with E-state index in [0.717, 1.165) is 16.0 Å². The molecule has 3 rings (SSSR count). The Balaban J connectivity index is 1.55. The summed E-state index contributed by atoms with van der Waals surface area (Å²) in [4.78, 5) is 29.1. The zero-order chi connectivity index (χ0) is 17.6. The molecule has 6 heteroatoms. The summed E-state index contributed by atoms with van der Waals surface area (Å²) in [6, 6.07) is 17.2. The number of amides is 2. The summed E-state index contributed by atoms with van der Waals surface area (Å²) < 4.78 is 0. The van der Waals surface area contributed by atoms with Crippen LogP contribution >= 0.6 is 11.3 Å². The molecule has 0 saturated carbocycles. The number of anilines is 1. The van der Waals surface area contributed by atoms with Crippen molar-refractivity contribution in [3.63, 3.8) is 0 Å². The van der Waals surface area contributed by atoms with Gasteiger partial charge in [-0.2, -0.15) is 0 Å². The zero-order valence-electron chi connectivity index (χ0n) is 13.7. The number of aromatic nitrogens is 1. The van der Waals surface area contributed by atoms with Crippen LogP contribution in [0.2, 0.25) is 0 Å². The van der Waals surface area contributed by atoms with Crippen LogP contribution in [-0.2, 0) is 4.79 Å². The third-order valence-corrected chi connectivity index (χ3v) is 4.36. The molecule has 1 aromatic heterocycles. The first-order valence-electron chi connectivity index (χ1n) is 7.78. The molecule has 1 heterocycles. The molecule has 0 radical (unpaired) electrons. The molecule has 126 valence electrons. The number of thiazole rings is 1. The molecule has 0 spiro atoms. The zero-order valence-corrected chi connectivity index (χ0v) is 14.5. The van der Waals surface area contributed by atoms with Crippen molar-refractivity contribution in [2.75, 3.05) is 11.9 Å². The first-order chi connectivity index (χ1) is 12.1. The van der Waals surface area contributed by atoms with Gasteiger partial charge in [0.1, 0.15) is 0 Å². The van der Waals surface area contributed by atoms with E-state index >= 15 is 0 Å². The number of nitrogens with zero attached hydrogens (tertiary/aromatic N) is 1. The van der Waals surface area contributed by atoms with Gasteiger partial charge in [-0.1, -0.05) is 42.5 Å². The molecule has 2 amide bonds. The van der Waals surface area contributed by atoms with E-state index in [9.17, 15) is 9.59 Å². The number of rotatable bonds is 5. The van der Waals surface area contributed by atoms with Gasteiger partial charge in [0, 0.05) is 16.6 Å². The van der Waals surface area contributed by atoms with Gasteiger partial charge in [-0.05, 0) is 30.2 Å². The predicted octanol–water partition coefficient (Wildman–Crippen LogP) is 3.49. The van der Waals surface area contributed by atoms with Gasteiger partial charge in [0.2, 0.25) is 5.91 Å². The van der Waals surface area contributed by atoms with E-state index in [1.165, 1.54) is 11.3 Å². The lowest BCUT2D eigenvalue weighted by Crippen LogP contribution is -2.32. The molecule has 0 fully saturated rings. The molecule has 0 aliphatic carbocycles. The van der Waals surface area contributed by atoms with Crippen molar-refractivity contribution in [3.8, 4) is 11.1 Å².